The normalized spacial score (nSPS) is 9.56. The van der Waals surface area contributed by atoms with Crippen LogP contribution >= 0.6 is 0 Å². The third-order valence-corrected chi connectivity index (χ3v) is 2.31. The van der Waals surface area contributed by atoms with Crippen LogP contribution in [0.1, 0.15) is 12.0 Å². The Bertz CT molecular complexity index is 426. The Morgan fingerprint density at radius 3 is 2.94 bits per heavy atom. The Morgan fingerprint density at radius 2 is 2.22 bits per heavy atom. The molecule has 0 aliphatic rings. The Balaban J connectivity index is 2.41. The van der Waals surface area contributed by atoms with Gasteiger partial charge >= 0.3 is 5.97 Å². The van der Waals surface area contributed by atoms with Gasteiger partial charge in [-0.1, -0.05) is 18.2 Å². The first-order chi connectivity index (χ1) is 8.77. The van der Waals surface area contributed by atoms with Crippen LogP contribution in [0.5, 0.6) is 5.75 Å². The fourth-order valence-electron chi connectivity index (χ4n) is 1.42. The number of benzene rings is 1. The molecule has 18 heavy (non-hydrogen) atoms. The van der Waals surface area contributed by atoms with E-state index in [1.165, 1.54) is 7.11 Å². The lowest BCUT2D eigenvalue weighted by Gasteiger charge is -2.09. The van der Waals surface area contributed by atoms with Crippen molar-refractivity contribution < 1.29 is 14.3 Å². The number of ether oxygens (including phenoxy) is 2. The molecule has 96 valence electrons. The summed E-state index contributed by atoms with van der Waals surface area (Å²) in [7, 11) is 1.37. The molecule has 0 saturated heterocycles. The van der Waals surface area contributed by atoms with Crippen LogP contribution < -0.4 is 10.1 Å². The molecule has 0 aliphatic carbocycles. The van der Waals surface area contributed by atoms with Gasteiger partial charge in [-0.3, -0.25) is 4.79 Å². The topological polar surface area (TPSA) is 71.3 Å². The predicted molar refractivity (Wildman–Crippen MR) is 65.9 cm³/mol. The molecule has 1 aromatic carbocycles. The second kappa shape index (κ2) is 8.09. The molecule has 1 aromatic rings. The van der Waals surface area contributed by atoms with Crippen molar-refractivity contribution in [3.63, 3.8) is 0 Å². The number of esters is 1. The summed E-state index contributed by atoms with van der Waals surface area (Å²) in [4.78, 5) is 10.9. The summed E-state index contributed by atoms with van der Waals surface area (Å²) in [5, 5.41) is 11.6. The van der Waals surface area contributed by atoms with Gasteiger partial charge in [-0.2, -0.15) is 5.26 Å². The second-order valence-corrected chi connectivity index (χ2v) is 3.56. The van der Waals surface area contributed by atoms with Crippen molar-refractivity contribution in [2.75, 3.05) is 20.3 Å². The molecule has 0 aliphatic heterocycles. The van der Waals surface area contributed by atoms with Crippen LogP contribution in [0.25, 0.3) is 0 Å². The van der Waals surface area contributed by atoms with Crippen LogP contribution in [0.4, 0.5) is 0 Å². The number of para-hydroxylation sites is 1. The fraction of sp³-hybridized carbons (Fsp3) is 0.385. The minimum Gasteiger partial charge on any atom is -0.478 e. The number of nitrogens with zero attached hydrogens (tertiary/aromatic N) is 1. The zero-order valence-corrected chi connectivity index (χ0v) is 10.3. The highest BCUT2D eigenvalue weighted by atomic mass is 16.5. The summed E-state index contributed by atoms with van der Waals surface area (Å²) in [5.74, 6) is 0.445. The van der Waals surface area contributed by atoms with Crippen molar-refractivity contribution in [1.29, 1.82) is 5.26 Å². The van der Waals surface area contributed by atoms with Gasteiger partial charge in [-0.05, 0) is 6.07 Å². The van der Waals surface area contributed by atoms with Crippen LogP contribution in [0.15, 0.2) is 24.3 Å². The summed E-state index contributed by atoms with van der Waals surface area (Å²) in [6.45, 7) is 1.15. The number of carbonyl (C=O) groups is 1. The van der Waals surface area contributed by atoms with Crippen LogP contribution in [0.3, 0.4) is 0 Å². The molecular weight excluding hydrogens is 232 g/mol. The van der Waals surface area contributed by atoms with Crippen LogP contribution in [0, 0.1) is 11.3 Å². The number of nitrogens with one attached hydrogen (secondary N) is 1. The SMILES string of the molecule is COC(=O)CCNCc1ccccc1OCC#N. The van der Waals surface area contributed by atoms with Crippen molar-refractivity contribution in [3.8, 4) is 11.8 Å². The standard InChI is InChI=1S/C13H16N2O3/c1-17-13(16)6-8-15-10-11-4-2-3-5-12(11)18-9-7-14/h2-5,15H,6,8-10H2,1H3. The molecule has 0 heterocycles. The number of hydrogen-bond acceptors (Lipinski definition) is 5. The highest BCUT2D eigenvalue weighted by molar-refractivity contribution is 5.69. The van der Waals surface area contributed by atoms with Gasteiger partial charge in [0.15, 0.2) is 6.61 Å². The van der Waals surface area contributed by atoms with Crippen molar-refractivity contribution in [3.05, 3.63) is 29.8 Å². The quantitative estimate of drug-likeness (QED) is 0.580. The molecular formula is C13H16N2O3. The van der Waals surface area contributed by atoms with E-state index in [0.717, 1.165) is 5.56 Å². The number of hydrogen-bond donors (Lipinski definition) is 1. The molecule has 0 atom stereocenters. The zero-order valence-electron chi connectivity index (χ0n) is 10.3. The van der Waals surface area contributed by atoms with E-state index in [1.807, 2.05) is 30.3 Å². The van der Waals surface area contributed by atoms with Gasteiger partial charge < -0.3 is 14.8 Å². The lowest BCUT2D eigenvalue weighted by Crippen LogP contribution is -2.18. The van der Waals surface area contributed by atoms with Gasteiger partial charge in [0.2, 0.25) is 0 Å². The van der Waals surface area contributed by atoms with E-state index in [1.54, 1.807) is 0 Å². The van der Waals surface area contributed by atoms with Crippen LogP contribution in [-0.4, -0.2) is 26.2 Å². The molecule has 1 N–H and O–H groups in total. The predicted octanol–water partition coefficient (Wildman–Crippen LogP) is 1.24. The first-order valence-corrected chi connectivity index (χ1v) is 5.63. The van der Waals surface area contributed by atoms with E-state index in [4.69, 9.17) is 10.00 Å². The average Bonchev–Trinajstić information content (AvgIpc) is 2.42. The first kappa shape index (κ1) is 14.0. The number of nitriles is 1. The molecule has 0 unspecified atom stereocenters. The Kier molecular flexibility index (Phi) is 6.30. The molecule has 0 amide bonds. The number of carbonyl (C=O) groups excluding carboxylic acids is 1. The third-order valence-electron chi connectivity index (χ3n) is 2.31. The van der Waals surface area contributed by atoms with Gasteiger partial charge in [0.1, 0.15) is 11.8 Å². The highest BCUT2D eigenvalue weighted by Gasteiger charge is 2.03. The van der Waals surface area contributed by atoms with Crippen molar-refractivity contribution in [2.24, 2.45) is 0 Å². The van der Waals surface area contributed by atoms with Gasteiger partial charge in [0.25, 0.3) is 0 Å². The maximum absolute atomic E-state index is 10.9. The van der Waals surface area contributed by atoms with E-state index in [9.17, 15) is 4.79 Å². The number of methoxy groups -OCH3 is 1. The minimum absolute atomic E-state index is 0.0270. The highest BCUT2D eigenvalue weighted by Crippen LogP contribution is 2.17. The summed E-state index contributed by atoms with van der Waals surface area (Å²) in [6, 6.07) is 9.41. The summed E-state index contributed by atoms with van der Waals surface area (Å²) in [6.07, 6.45) is 0.331. The first-order valence-electron chi connectivity index (χ1n) is 5.63. The maximum Gasteiger partial charge on any atom is 0.306 e. The molecule has 0 fully saturated rings. The van der Waals surface area contributed by atoms with Crippen LogP contribution in [0.2, 0.25) is 0 Å². The Labute approximate surface area is 106 Å². The van der Waals surface area contributed by atoms with Gasteiger partial charge in [-0.25, -0.2) is 0 Å². The smallest absolute Gasteiger partial charge is 0.306 e. The van der Waals surface area contributed by atoms with Crippen molar-refractivity contribution in [1.82, 2.24) is 5.32 Å². The molecule has 0 saturated carbocycles. The van der Waals surface area contributed by atoms with Gasteiger partial charge in [0.05, 0.1) is 13.5 Å². The lowest BCUT2D eigenvalue weighted by atomic mass is 10.2. The molecule has 0 bridgehead atoms. The summed E-state index contributed by atoms with van der Waals surface area (Å²) >= 11 is 0. The molecule has 0 spiro atoms. The zero-order chi connectivity index (χ0) is 13.2. The summed E-state index contributed by atoms with van der Waals surface area (Å²) < 4.78 is 9.83. The fourth-order valence-corrected chi connectivity index (χ4v) is 1.42. The Hall–Kier alpha value is -2.06. The van der Waals surface area contributed by atoms with E-state index < -0.39 is 0 Å². The minimum atomic E-state index is -0.239. The van der Waals surface area contributed by atoms with Crippen LogP contribution in [-0.2, 0) is 16.1 Å². The van der Waals surface area contributed by atoms with Gasteiger partial charge in [-0.15, -0.1) is 0 Å². The van der Waals surface area contributed by atoms with Crippen molar-refractivity contribution in [2.45, 2.75) is 13.0 Å². The number of rotatable bonds is 7. The molecule has 5 heteroatoms. The summed E-state index contributed by atoms with van der Waals surface area (Å²) in [5.41, 5.74) is 0.956. The molecule has 5 nitrogen and oxygen atoms in total. The molecule has 0 aromatic heterocycles. The second-order valence-electron chi connectivity index (χ2n) is 3.56. The molecule has 0 radical (unpaired) electrons. The lowest BCUT2D eigenvalue weighted by molar-refractivity contribution is -0.140. The van der Waals surface area contributed by atoms with E-state index in [2.05, 4.69) is 10.1 Å². The monoisotopic (exact) mass is 248 g/mol. The third kappa shape index (κ3) is 4.85. The van der Waals surface area contributed by atoms with E-state index >= 15 is 0 Å². The van der Waals surface area contributed by atoms with E-state index in [-0.39, 0.29) is 12.6 Å². The van der Waals surface area contributed by atoms with E-state index in [0.29, 0.717) is 25.3 Å². The van der Waals surface area contributed by atoms with Gasteiger partial charge in [0, 0.05) is 18.7 Å². The molecule has 1 rings (SSSR count). The largest absolute Gasteiger partial charge is 0.478 e. The van der Waals surface area contributed by atoms with Crippen molar-refractivity contribution >= 4 is 5.97 Å². The average molecular weight is 248 g/mol. The maximum atomic E-state index is 10.9. The Morgan fingerprint density at radius 1 is 1.44 bits per heavy atom.